The van der Waals surface area contributed by atoms with E-state index < -0.39 is 5.97 Å². The van der Waals surface area contributed by atoms with Crippen molar-refractivity contribution in [3.63, 3.8) is 0 Å². The van der Waals surface area contributed by atoms with Crippen molar-refractivity contribution in [3.8, 4) is 0 Å². The van der Waals surface area contributed by atoms with Gasteiger partial charge in [-0.05, 0) is 57.3 Å². The van der Waals surface area contributed by atoms with Crippen LogP contribution in [0.4, 0.5) is 0 Å². The second-order valence-corrected chi connectivity index (χ2v) is 5.32. The van der Waals surface area contributed by atoms with Crippen LogP contribution in [0.3, 0.4) is 0 Å². The Labute approximate surface area is 120 Å². The fourth-order valence-corrected chi connectivity index (χ4v) is 3.18. The van der Waals surface area contributed by atoms with E-state index in [4.69, 9.17) is 14.9 Å². The Morgan fingerprint density at radius 1 is 1.31 bits per heavy atom. The zero-order valence-corrected chi connectivity index (χ0v) is 12.6. The second-order valence-electron chi connectivity index (χ2n) is 3.00. The maximum Gasteiger partial charge on any atom is 0.335 e. The van der Waals surface area contributed by atoms with Crippen LogP contribution in [0.1, 0.15) is 15.9 Å². The minimum atomic E-state index is -0.932. The molecule has 4 nitrogen and oxygen atoms in total. The van der Waals surface area contributed by atoms with E-state index in [1.165, 1.54) is 0 Å². The number of hydrogen-bond donors (Lipinski definition) is 2. The van der Waals surface area contributed by atoms with Crippen molar-refractivity contribution in [1.82, 2.24) is 0 Å². The number of rotatable bonds is 5. The minimum Gasteiger partial charge on any atom is -0.478 e. The normalized spacial score (nSPS) is 10.4. The number of carboxylic acid groups (broad SMARTS) is 1. The Morgan fingerprint density at radius 3 is 2.31 bits per heavy atom. The lowest BCUT2D eigenvalue weighted by Crippen LogP contribution is -2.05. The van der Waals surface area contributed by atoms with Crippen molar-refractivity contribution >= 4 is 51.2 Å². The third kappa shape index (κ3) is 3.82. The van der Waals surface area contributed by atoms with E-state index in [0.29, 0.717) is 6.61 Å². The summed E-state index contributed by atoms with van der Waals surface area (Å²) in [5.74, 6) is -0.932. The summed E-state index contributed by atoms with van der Waals surface area (Å²) >= 11 is 4.17. The number of carbonyl (C=O) groups is 1. The topological polar surface area (TPSA) is 66.8 Å². The molecule has 0 aliphatic heterocycles. The van der Waals surface area contributed by atoms with Gasteiger partial charge in [0.05, 0.1) is 25.4 Å². The molecule has 0 aliphatic carbocycles. The van der Waals surface area contributed by atoms with Crippen LogP contribution in [0.15, 0.2) is 12.1 Å². The smallest absolute Gasteiger partial charge is 0.335 e. The van der Waals surface area contributed by atoms with Gasteiger partial charge < -0.3 is 14.9 Å². The van der Waals surface area contributed by atoms with Gasteiger partial charge in [-0.15, -0.1) is 0 Å². The number of aromatic carboxylic acids is 1. The first kappa shape index (κ1) is 14.1. The maximum atomic E-state index is 10.8. The van der Waals surface area contributed by atoms with Crippen molar-refractivity contribution in [2.75, 3.05) is 13.2 Å². The Morgan fingerprint density at radius 2 is 1.88 bits per heavy atom. The lowest BCUT2D eigenvalue weighted by molar-refractivity contribution is 0.0696. The third-order valence-corrected chi connectivity index (χ3v) is 3.79. The third-order valence-electron chi connectivity index (χ3n) is 1.87. The highest BCUT2D eigenvalue weighted by molar-refractivity contribution is 14.1. The summed E-state index contributed by atoms with van der Waals surface area (Å²) in [7, 11) is 0. The molecule has 0 bridgehead atoms. The quantitative estimate of drug-likeness (QED) is 0.536. The van der Waals surface area contributed by atoms with E-state index in [0.717, 1.165) is 12.7 Å². The Balaban J connectivity index is 2.89. The van der Waals surface area contributed by atoms with Crippen LogP contribution in [-0.2, 0) is 11.3 Å². The van der Waals surface area contributed by atoms with Gasteiger partial charge >= 0.3 is 5.97 Å². The average Bonchev–Trinajstić information content (AvgIpc) is 2.21. The van der Waals surface area contributed by atoms with Gasteiger partial charge in [0.1, 0.15) is 0 Å². The highest BCUT2D eigenvalue weighted by Gasteiger charge is 2.11. The first-order valence-electron chi connectivity index (χ1n) is 4.46. The molecule has 0 unspecified atom stereocenters. The van der Waals surface area contributed by atoms with Crippen molar-refractivity contribution in [1.29, 1.82) is 0 Å². The van der Waals surface area contributed by atoms with Gasteiger partial charge in [0, 0.05) is 12.7 Å². The van der Waals surface area contributed by atoms with E-state index in [1.54, 1.807) is 12.1 Å². The van der Waals surface area contributed by atoms with Crippen molar-refractivity contribution in [3.05, 3.63) is 30.4 Å². The first-order chi connectivity index (χ1) is 7.56. The van der Waals surface area contributed by atoms with Crippen LogP contribution in [0.5, 0.6) is 0 Å². The fourth-order valence-electron chi connectivity index (χ4n) is 1.10. The Hall–Kier alpha value is 0.0700. The molecule has 0 heterocycles. The molecule has 0 saturated carbocycles. The number of hydrogen-bond acceptors (Lipinski definition) is 3. The van der Waals surface area contributed by atoms with Crippen molar-refractivity contribution in [2.45, 2.75) is 6.61 Å². The summed E-state index contributed by atoms with van der Waals surface area (Å²) < 4.78 is 6.95. The van der Waals surface area contributed by atoms with Gasteiger partial charge in [-0.1, -0.05) is 0 Å². The molecule has 0 atom stereocenters. The van der Waals surface area contributed by atoms with Gasteiger partial charge in [-0.3, -0.25) is 0 Å². The predicted octanol–water partition coefficient (Wildman–Crippen LogP) is 2.10. The van der Waals surface area contributed by atoms with E-state index in [1.807, 2.05) is 0 Å². The molecule has 0 aromatic heterocycles. The van der Waals surface area contributed by atoms with Crippen LogP contribution in [-0.4, -0.2) is 29.4 Å². The van der Waals surface area contributed by atoms with Gasteiger partial charge in [-0.2, -0.15) is 0 Å². The zero-order valence-electron chi connectivity index (χ0n) is 8.24. The molecular weight excluding hydrogens is 438 g/mol. The van der Waals surface area contributed by atoms with E-state index >= 15 is 0 Å². The van der Waals surface area contributed by atoms with E-state index in [9.17, 15) is 4.79 Å². The lowest BCUT2D eigenvalue weighted by Gasteiger charge is -2.09. The summed E-state index contributed by atoms with van der Waals surface area (Å²) in [6, 6.07) is 3.23. The molecule has 6 heteroatoms. The number of halogens is 2. The van der Waals surface area contributed by atoms with E-state index in [-0.39, 0.29) is 18.8 Å². The number of benzene rings is 1. The van der Waals surface area contributed by atoms with Crippen LogP contribution in [0, 0.1) is 7.14 Å². The number of aliphatic hydroxyl groups is 1. The highest BCUT2D eigenvalue weighted by Crippen LogP contribution is 2.22. The second kappa shape index (κ2) is 6.72. The van der Waals surface area contributed by atoms with Crippen molar-refractivity contribution in [2.24, 2.45) is 0 Å². The number of carboxylic acids is 1. The monoisotopic (exact) mass is 448 g/mol. The summed E-state index contributed by atoms with van der Waals surface area (Å²) in [5, 5.41) is 17.5. The molecule has 0 fully saturated rings. The van der Waals surface area contributed by atoms with Crippen molar-refractivity contribution < 1.29 is 19.7 Å². The molecule has 0 radical (unpaired) electrons. The summed E-state index contributed by atoms with van der Waals surface area (Å²) in [5.41, 5.74) is 1.24. The number of aliphatic hydroxyl groups excluding tert-OH is 1. The minimum absolute atomic E-state index is 0.0135. The standard InChI is InChI=1S/C10H10I2O4/c11-8-3-6(10(14)15)4-9(12)7(8)5-16-2-1-13/h3-4,13H,1-2,5H2,(H,14,15). The molecular formula is C10H10I2O4. The molecule has 0 aliphatic rings. The van der Waals surface area contributed by atoms with Crippen LogP contribution in [0.2, 0.25) is 0 Å². The molecule has 0 spiro atoms. The highest BCUT2D eigenvalue weighted by atomic mass is 127. The fraction of sp³-hybridized carbons (Fsp3) is 0.300. The Bertz CT molecular complexity index is 369. The maximum absolute atomic E-state index is 10.8. The molecule has 0 amide bonds. The van der Waals surface area contributed by atoms with Crippen LogP contribution < -0.4 is 0 Å². The SMILES string of the molecule is O=C(O)c1cc(I)c(COCCO)c(I)c1. The van der Waals surface area contributed by atoms with Crippen LogP contribution in [0.25, 0.3) is 0 Å². The summed E-state index contributed by atoms with van der Waals surface area (Å²) in [4.78, 5) is 10.8. The summed E-state index contributed by atoms with van der Waals surface area (Å²) in [6.07, 6.45) is 0. The van der Waals surface area contributed by atoms with Gasteiger partial charge in [-0.25, -0.2) is 4.79 Å². The first-order valence-corrected chi connectivity index (χ1v) is 6.62. The zero-order chi connectivity index (χ0) is 12.1. The van der Waals surface area contributed by atoms with E-state index in [2.05, 4.69) is 45.2 Å². The molecule has 88 valence electrons. The van der Waals surface area contributed by atoms with Gasteiger partial charge in [0.15, 0.2) is 0 Å². The summed E-state index contributed by atoms with van der Waals surface area (Å²) in [6.45, 7) is 0.657. The number of ether oxygens (including phenoxy) is 1. The average molecular weight is 448 g/mol. The van der Waals surface area contributed by atoms with Gasteiger partial charge in [0.25, 0.3) is 0 Å². The molecule has 0 saturated heterocycles. The van der Waals surface area contributed by atoms with Gasteiger partial charge in [0.2, 0.25) is 0 Å². The predicted molar refractivity (Wildman–Crippen MR) is 75.6 cm³/mol. The molecule has 1 aromatic rings. The largest absolute Gasteiger partial charge is 0.478 e. The van der Waals surface area contributed by atoms with Crippen LogP contribution >= 0.6 is 45.2 Å². The molecule has 1 aromatic carbocycles. The molecule has 16 heavy (non-hydrogen) atoms. The molecule has 1 rings (SSSR count). The molecule has 2 N–H and O–H groups in total. The Kier molecular flexibility index (Phi) is 5.94. The lowest BCUT2D eigenvalue weighted by atomic mass is 10.1.